The molecule has 2 aromatic rings. The molecule has 1 N–H and O–H groups in total. The molecule has 0 fully saturated rings. The molecule has 0 radical (unpaired) electrons. The van der Waals surface area contributed by atoms with E-state index in [1.54, 1.807) is 18.4 Å². The average molecular weight is 311 g/mol. The minimum atomic E-state index is 0.175. The lowest BCUT2D eigenvalue weighted by atomic mass is 10.0. The van der Waals surface area contributed by atoms with Gasteiger partial charge in [-0.2, -0.15) is 0 Å². The van der Waals surface area contributed by atoms with Crippen molar-refractivity contribution in [3.63, 3.8) is 0 Å². The zero-order valence-electron chi connectivity index (χ0n) is 11.9. The Labute approximate surface area is 129 Å². The summed E-state index contributed by atoms with van der Waals surface area (Å²) in [6.45, 7) is 5.01. The van der Waals surface area contributed by atoms with Crippen LogP contribution in [0.5, 0.6) is 5.75 Å². The molecule has 5 heteroatoms. The minimum absolute atomic E-state index is 0.175. The fourth-order valence-electron chi connectivity index (χ4n) is 2.22. The topological polar surface area (TPSA) is 34.2 Å². The van der Waals surface area contributed by atoms with E-state index in [4.69, 9.17) is 16.3 Å². The monoisotopic (exact) mass is 310 g/mol. The van der Waals surface area contributed by atoms with E-state index >= 15 is 0 Å². The van der Waals surface area contributed by atoms with Gasteiger partial charge in [0.1, 0.15) is 5.75 Å². The van der Waals surface area contributed by atoms with Crippen LogP contribution in [-0.2, 0) is 6.42 Å². The second-order valence-corrected chi connectivity index (χ2v) is 6.06. The first-order valence-electron chi connectivity index (χ1n) is 6.61. The summed E-state index contributed by atoms with van der Waals surface area (Å²) in [6, 6.07) is 5.95. The predicted octanol–water partition coefficient (Wildman–Crippen LogP) is 4.01. The molecule has 0 aliphatic carbocycles. The summed E-state index contributed by atoms with van der Waals surface area (Å²) in [4.78, 5) is 4.54. The van der Waals surface area contributed by atoms with Gasteiger partial charge in [-0.05, 0) is 25.6 Å². The van der Waals surface area contributed by atoms with E-state index in [0.29, 0.717) is 5.02 Å². The Morgan fingerprint density at radius 2 is 2.25 bits per heavy atom. The molecule has 0 saturated carbocycles. The molecule has 1 aromatic carbocycles. The smallest absolute Gasteiger partial charge is 0.125 e. The number of nitrogens with one attached hydrogen (secondary N) is 1. The SMILES string of the molecule is CCNC(Cc1csc(C)n1)c1ccc(Cl)cc1OC. The largest absolute Gasteiger partial charge is 0.496 e. The molecule has 0 bridgehead atoms. The molecule has 0 saturated heterocycles. The summed E-state index contributed by atoms with van der Waals surface area (Å²) < 4.78 is 5.45. The molecule has 1 atom stereocenters. The molecule has 0 aliphatic rings. The molecular weight excluding hydrogens is 292 g/mol. The fourth-order valence-corrected chi connectivity index (χ4v) is 3.01. The first-order valence-corrected chi connectivity index (χ1v) is 7.87. The van der Waals surface area contributed by atoms with E-state index in [9.17, 15) is 0 Å². The highest BCUT2D eigenvalue weighted by Crippen LogP contribution is 2.30. The number of nitrogens with zero attached hydrogens (tertiary/aromatic N) is 1. The van der Waals surface area contributed by atoms with Crippen molar-refractivity contribution >= 4 is 22.9 Å². The first-order chi connectivity index (χ1) is 9.63. The summed E-state index contributed by atoms with van der Waals surface area (Å²) >= 11 is 7.71. The first kappa shape index (κ1) is 15.3. The number of thiazole rings is 1. The van der Waals surface area contributed by atoms with E-state index in [1.165, 1.54) is 0 Å². The quantitative estimate of drug-likeness (QED) is 0.875. The van der Waals surface area contributed by atoms with E-state index in [1.807, 2.05) is 25.1 Å². The lowest BCUT2D eigenvalue weighted by Gasteiger charge is -2.20. The molecule has 1 unspecified atom stereocenters. The highest BCUT2D eigenvalue weighted by atomic mass is 35.5. The van der Waals surface area contributed by atoms with Crippen LogP contribution in [0.4, 0.5) is 0 Å². The van der Waals surface area contributed by atoms with Crippen LogP contribution in [-0.4, -0.2) is 18.6 Å². The van der Waals surface area contributed by atoms with Gasteiger partial charge in [0, 0.05) is 28.4 Å². The van der Waals surface area contributed by atoms with E-state index < -0.39 is 0 Å². The van der Waals surface area contributed by atoms with E-state index in [2.05, 4.69) is 22.6 Å². The van der Waals surface area contributed by atoms with Crippen LogP contribution in [0, 0.1) is 6.92 Å². The number of aryl methyl sites for hydroxylation is 1. The van der Waals surface area contributed by atoms with Crippen LogP contribution < -0.4 is 10.1 Å². The second kappa shape index (κ2) is 7.07. The molecule has 1 heterocycles. The van der Waals surface area contributed by atoms with Crippen molar-refractivity contribution < 1.29 is 4.74 Å². The Bertz CT molecular complexity index is 571. The number of hydrogen-bond acceptors (Lipinski definition) is 4. The van der Waals surface area contributed by atoms with Crippen molar-refractivity contribution in [1.82, 2.24) is 10.3 Å². The van der Waals surface area contributed by atoms with Gasteiger partial charge in [-0.25, -0.2) is 4.98 Å². The van der Waals surface area contributed by atoms with Gasteiger partial charge in [-0.3, -0.25) is 0 Å². The van der Waals surface area contributed by atoms with Gasteiger partial charge in [0.2, 0.25) is 0 Å². The third-order valence-corrected chi connectivity index (χ3v) is 4.16. The lowest BCUT2D eigenvalue weighted by molar-refractivity contribution is 0.399. The normalized spacial score (nSPS) is 12.4. The van der Waals surface area contributed by atoms with E-state index in [0.717, 1.165) is 35.0 Å². The Kier molecular flexibility index (Phi) is 5.40. The molecule has 20 heavy (non-hydrogen) atoms. The lowest BCUT2D eigenvalue weighted by Crippen LogP contribution is -2.23. The summed E-state index contributed by atoms with van der Waals surface area (Å²) in [6.07, 6.45) is 0.843. The standard InChI is InChI=1S/C15H19ClN2OS/c1-4-17-14(8-12-9-20-10(2)18-12)13-6-5-11(16)7-15(13)19-3/h5-7,9,14,17H,4,8H2,1-3H3. The van der Waals surface area contributed by atoms with Crippen molar-refractivity contribution in [2.75, 3.05) is 13.7 Å². The molecule has 0 aliphatic heterocycles. The third-order valence-electron chi connectivity index (χ3n) is 3.10. The predicted molar refractivity (Wildman–Crippen MR) is 85.0 cm³/mol. The van der Waals surface area contributed by atoms with Gasteiger partial charge >= 0.3 is 0 Å². The Morgan fingerprint density at radius 3 is 2.85 bits per heavy atom. The number of hydrogen-bond donors (Lipinski definition) is 1. The van der Waals surface area contributed by atoms with Gasteiger partial charge in [-0.1, -0.05) is 24.6 Å². The number of likely N-dealkylation sites (N-methyl/N-ethyl adjacent to an activating group) is 1. The van der Waals surface area contributed by atoms with Crippen LogP contribution in [0.25, 0.3) is 0 Å². The number of ether oxygens (including phenoxy) is 1. The number of aromatic nitrogens is 1. The van der Waals surface area contributed by atoms with Crippen molar-refractivity contribution in [1.29, 1.82) is 0 Å². The van der Waals surface area contributed by atoms with Gasteiger partial charge in [-0.15, -0.1) is 11.3 Å². The second-order valence-electron chi connectivity index (χ2n) is 4.56. The fraction of sp³-hybridized carbons (Fsp3) is 0.400. The summed E-state index contributed by atoms with van der Waals surface area (Å²) in [5, 5.41) is 7.39. The summed E-state index contributed by atoms with van der Waals surface area (Å²) in [5.41, 5.74) is 2.22. The Balaban J connectivity index is 2.28. The van der Waals surface area contributed by atoms with Gasteiger partial charge in [0.05, 0.1) is 17.8 Å². The van der Waals surface area contributed by atoms with E-state index in [-0.39, 0.29) is 6.04 Å². The Hall–Kier alpha value is -1.10. The number of rotatable bonds is 6. The molecule has 0 amide bonds. The zero-order chi connectivity index (χ0) is 14.5. The molecule has 1 aromatic heterocycles. The van der Waals surface area contributed by atoms with Crippen molar-refractivity contribution in [3.8, 4) is 5.75 Å². The van der Waals surface area contributed by atoms with Crippen LogP contribution in [0.2, 0.25) is 5.02 Å². The molecule has 108 valence electrons. The number of halogens is 1. The average Bonchev–Trinajstić information content (AvgIpc) is 2.83. The van der Waals surface area contributed by atoms with Gasteiger partial charge < -0.3 is 10.1 Å². The summed E-state index contributed by atoms with van der Waals surface area (Å²) in [5.74, 6) is 0.815. The molecule has 0 spiro atoms. The Morgan fingerprint density at radius 1 is 1.45 bits per heavy atom. The molecule has 3 nitrogen and oxygen atoms in total. The van der Waals surface area contributed by atoms with Gasteiger partial charge in [0.15, 0.2) is 0 Å². The molecule has 2 rings (SSSR count). The number of benzene rings is 1. The summed E-state index contributed by atoms with van der Waals surface area (Å²) in [7, 11) is 1.67. The van der Waals surface area contributed by atoms with Gasteiger partial charge in [0.25, 0.3) is 0 Å². The van der Waals surface area contributed by atoms with Crippen molar-refractivity contribution in [2.24, 2.45) is 0 Å². The molecular formula is C15H19ClN2OS. The van der Waals surface area contributed by atoms with Crippen molar-refractivity contribution in [3.05, 3.63) is 44.9 Å². The number of methoxy groups -OCH3 is 1. The maximum absolute atomic E-state index is 6.03. The maximum atomic E-state index is 6.03. The minimum Gasteiger partial charge on any atom is -0.496 e. The maximum Gasteiger partial charge on any atom is 0.125 e. The van der Waals surface area contributed by atoms with Crippen LogP contribution in [0.1, 0.15) is 29.2 Å². The third kappa shape index (κ3) is 3.72. The van der Waals surface area contributed by atoms with Crippen LogP contribution in [0.3, 0.4) is 0 Å². The zero-order valence-corrected chi connectivity index (χ0v) is 13.5. The van der Waals surface area contributed by atoms with Crippen molar-refractivity contribution in [2.45, 2.75) is 26.3 Å². The van der Waals surface area contributed by atoms with Crippen LogP contribution in [0.15, 0.2) is 23.6 Å². The van der Waals surface area contributed by atoms with Crippen LogP contribution >= 0.6 is 22.9 Å². The highest BCUT2D eigenvalue weighted by molar-refractivity contribution is 7.09. The highest BCUT2D eigenvalue weighted by Gasteiger charge is 2.17.